The van der Waals surface area contributed by atoms with Gasteiger partial charge in [-0.15, -0.1) is 0 Å². The van der Waals surface area contributed by atoms with Gasteiger partial charge in [0.25, 0.3) is 0 Å². The lowest BCUT2D eigenvalue weighted by atomic mass is 10.1. The summed E-state index contributed by atoms with van der Waals surface area (Å²) in [7, 11) is -2.55. The molecule has 0 aliphatic carbocycles. The Balaban J connectivity index is 2.81. The van der Waals surface area contributed by atoms with E-state index in [2.05, 4.69) is 18.7 Å². The maximum absolute atomic E-state index is 5.87. The third-order valence-corrected chi connectivity index (χ3v) is 6.12. The number of benzene rings is 1. The van der Waals surface area contributed by atoms with Crippen molar-refractivity contribution in [3.63, 3.8) is 0 Å². The lowest BCUT2D eigenvalue weighted by Gasteiger charge is -2.28. The number of rotatable bonds is 10. The van der Waals surface area contributed by atoms with Gasteiger partial charge in [-0.25, -0.2) is 0 Å². The van der Waals surface area contributed by atoms with Crippen LogP contribution in [-0.2, 0) is 19.7 Å². The van der Waals surface area contributed by atoms with E-state index in [1.807, 2.05) is 39.0 Å². The number of hydrogen-bond donors (Lipinski definition) is 0. The molecule has 0 amide bonds. The van der Waals surface area contributed by atoms with E-state index in [4.69, 9.17) is 13.3 Å². The molecular formula is C16H26O3Si. The molecule has 20 heavy (non-hydrogen) atoms. The second-order valence-electron chi connectivity index (χ2n) is 4.38. The van der Waals surface area contributed by atoms with Gasteiger partial charge in [-0.3, -0.25) is 0 Å². The maximum atomic E-state index is 5.87. The van der Waals surface area contributed by atoms with Gasteiger partial charge >= 0.3 is 8.80 Å². The monoisotopic (exact) mass is 294 g/mol. The molecule has 0 fully saturated rings. The standard InChI is InChI=1S/C16H26O3Si/c1-5-15-11-9-10-12-16(15)13-14-20(17-6-2,18-7-3)19-8-4/h5,9-12H,1,6-8,13-14H2,2-4H3. The van der Waals surface area contributed by atoms with Crippen LogP contribution in [0.3, 0.4) is 0 Å². The number of aryl methyl sites for hydroxylation is 1. The molecule has 0 aromatic heterocycles. The van der Waals surface area contributed by atoms with E-state index in [0.29, 0.717) is 19.8 Å². The highest BCUT2D eigenvalue weighted by molar-refractivity contribution is 6.60. The van der Waals surface area contributed by atoms with E-state index in [0.717, 1.165) is 12.5 Å². The Morgan fingerprint density at radius 3 is 2.05 bits per heavy atom. The zero-order valence-electron chi connectivity index (χ0n) is 12.9. The molecular weight excluding hydrogens is 268 g/mol. The van der Waals surface area contributed by atoms with Crippen LogP contribution in [0.25, 0.3) is 6.08 Å². The summed E-state index contributed by atoms with van der Waals surface area (Å²) in [4.78, 5) is 0. The van der Waals surface area contributed by atoms with Gasteiger partial charge in [0.1, 0.15) is 0 Å². The second kappa shape index (κ2) is 9.08. The van der Waals surface area contributed by atoms with E-state index in [1.54, 1.807) is 0 Å². The molecule has 4 heteroatoms. The van der Waals surface area contributed by atoms with E-state index in [9.17, 15) is 0 Å². The molecule has 1 aromatic rings. The van der Waals surface area contributed by atoms with Crippen molar-refractivity contribution in [1.82, 2.24) is 0 Å². The molecule has 0 radical (unpaired) electrons. The third-order valence-electron chi connectivity index (χ3n) is 3.07. The summed E-state index contributed by atoms with van der Waals surface area (Å²) in [6.07, 6.45) is 2.77. The van der Waals surface area contributed by atoms with Crippen molar-refractivity contribution in [3.8, 4) is 0 Å². The molecule has 112 valence electrons. The van der Waals surface area contributed by atoms with Crippen LogP contribution in [0.1, 0.15) is 31.9 Å². The highest BCUT2D eigenvalue weighted by atomic mass is 28.4. The zero-order chi connectivity index (χ0) is 14.8. The van der Waals surface area contributed by atoms with Crippen molar-refractivity contribution in [1.29, 1.82) is 0 Å². The van der Waals surface area contributed by atoms with Crippen molar-refractivity contribution in [2.75, 3.05) is 19.8 Å². The Kier molecular flexibility index (Phi) is 7.77. The van der Waals surface area contributed by atoms with Crippen LogP contribution in [0.4, 0.5) is 0 Å². The molecule has 1 aromatic carbocycles. The number of hydrogen-bond acceptors (Lipinski definition) is 3. The van der Waals surface area contributed by atoms with Gasteiger partial charge in [0.2, 0.25) is 0 Å². The molecule has 0 bridgehead atoms. The van der Waals surface area contributed by atoms with Gasteiger partial charge in [0.15, 0.2) is 0 Å². The molecule has 0 atom stereocenters. The van der Waals surface area contributed by atoms with Crippen LogP contribution in [0, 0.1) is 0 Å². The van der Waals surface area contributed by atoms with Crippen molar-refractivity contribution < 1.29 is 13.3 Å². The maximum Gasteiger partial charge on any atom is 0.501 e. The third kappa shape index (κ3) is 4.87. The van der Waals surface area contributed by atoms with E-state index < -0.39 is 8.80 Å². The molecule has 0 aliphatic rings. The highest BCUT2D eigenvalue weighted by Gasteiger charge is 2.39. The normalized spacial score (nSPS) is 11.6. The van der Waals surface area contributed by atoms with Gasteiger partial charge in [-0.05, 0) is 38.3 Å². The van der Waals surface area contributed by atoms with E-state index in [-0.39, 0.29) is 0 Å². The van der Waals surface area contributed by atoms with Crippen LogP contribution in [-0.4, -0.2) is 28.6 Å². The zero-order valence-corrected chi connectivity index (χ0v) is 13.9. The molecule has 0 heterocycles. The van der Waals surface area contributed by atoms with Gasteiger partial charge < -0.3 is 13.3 Å². The van der Waals surface area contributed by atoms with Crippen LogP contribution in [0.5, 0.6) is 0 Å². The Hall–Kier alpha value is -0.943. The SMILES string of the molecule is C=Cc1ccccc1CC[Si](OCC)(OCC)OCC. The lowest BCUT2D eigenvalue weighted by Crippen LogP contribution is -2.46. The van der Waals surface area contributed by atoms with Crippen molar-refractivity contribution in [2.45, 2.75) is 33.2 Å². The molecule has 0 spiro atoms. The Labute approximate surface area is 123 Å². The predicted molar refractivity (Wildman–Crippen MR) is 85.7 cm³/mol. The van der Waals surface area contributed by atoms with Gasteiger partial charge in [-0.2, -0.15) is 0 Å². The summed E-state index contributed by atoms with van der Waals surface area (Å²) in [5.74, 6) is 0. The minimum absolute atomic E-state index is 0.620. The average molecular weight is 294 g/mol. The summed E-state index contributed by atoms with van der Waals surface area (Å²) >= 11 is 0. The fraction of sp³-hybridized carbons (Fsp3) is 0.500. The minimum Gasteiger partial charge on any atom is -0.374 e. The smallest absolute Gasteiger partial charge is 0.374 e. The highest BCUT2D eigenvalue weighted by Crippen LogP contribution is 2.21. The molecule has 1 rings (SSSR count). The summed E-state index contributed by atoms with van der Waals surface area (Å²) in [5.41, 5.74) is 2.43. The first-order valence-electron chi connectivity index (χ1n) is 7.33. The van der Waals surface area contributed by atoms with Crippen molar-refractivity contribution in [3.05, 3.63) is 42.0 Å². The Morgan fingerprint density at radius 1 is 1.00 bits per heavy atom. The summed E-state index contributed by atoms with van der Waals surface area (Å²) in [5, 5.41) is 0. The van der Waals surface area contributed by atoms with Gasteiger partial charge in [0.05, 0.1) is 0 Å². The largest absolute Gasteiger partial charge is 0.501 e. The fourth-order valence-electron chi connectivity index (χ4n) is 2.25. The van der Waals surface area contributed by atoms with Crippen LogP contribution < -0.4 is 0 Å². The molecule has 0 N–H and O–H groups in total. The first-order valence-corrected chi connectivity index (χ1v) is 9.26. The molecule has 0 unspecified atom stereocenters. The van der Waals surface area contributed by atoms with Crippen molar-refractivity contribution in [2.24, 2.45) is 0 Å². The van der Waals surface area contributed by atoms with Crippen LogP contribution in [0.2, 0.25) is 6.04 Å². The molecule has 3 nitrogen and oxygen atoms in total. The quantitative estimate of drug-likeness (QED) is 0.612. The lowest BCUT2D eigenvalue weighted by molar-refractivity contribution is 0.0714. The van der Waals surface area contributed by atoms with E-state index >= 15 is 0 Å². The predicted octanol–water partition coefficient (Wildman–Crippen LogP) is 3.92. The molecule has 0 aliphatic heterocycles. The minimum atomic E-state index is -2.55. The molecule has 0 saturated carbocycles. The fourth-order valence-corrected chi connectivity index (χ4v) is 4.83. The Bertz CT molecular complexity index is 389. The summed E-state index contributed by atoms with van der Waals surface area (Å²) in [6, 6.07) is 9.08. The van der Waals surface area contributed by atoms with Crippen LogP contribution in [0.15, 0.2) is 30.8 Å². The average Bonchev–Trinajstić information content (AvgIpc) is 2.46. The van der Waals surface area contributed by atoms with E-state index in [1.165, 1.54) is 11.1 Å². The van der Waals surface area contributed by atoms with Crippen LogP contribution >= 0.6 is 0 Å². The first-order chi connectivity index (χ1) is 9.71. The summed E-state index contributed by atoms with van der Waals surface area (Å²) < 4.78 is 17.6. The van der Waals surface area contributed by atoms with Gasteiger partial charge in [-0.1, -0.05) is 36.9 Å². The Morgan fingerprint density at radius 2 is 1.55 bits per heavy atom. The summed E-state index contributed by atoms with van der Waals surface area (Å²) in [6.45, 7) is 11.7. The first kappa shape index (κ1) is 17.1. The van der Waals surface area contributed by atoms with Crippen molar-refractivity contribution >= 4 is 14.9 Å². The topological polar surface area (TPSA) is 27.7 Å². The second-order valence-corrected chi connectivity index (χ2v) is 7.12. The van der Waals surface area contributed by atoms with Gasteiger partial charge in [0, 0.05) is 25.9 Å². The molecule has 0 saturated heterocycles.